The summed E-state index contributed by atoms with van der Waals surface area (Å²) in [5.41, 5.74) is 3.93. The van der Waals surface area contributed by atoms with Crippen LogP contribution in [0.5, 0.6) is 0 Å². The van der Waals surface area contributed by atoms with E-state index < -0.39 is 0 Å². The molecule has 0 saturated carbocycles. The van der Waals surface area contributed by atoms with Crippen molar-refractivity contribution in [2.45, 2.75) is 19.3 Å². The smallest absolute Gasteiger partial charge is 0.228 e. The Bertz CT molecular complexity index is 737. The van der Waals surface area contributed by atoms with Gasteiger partial charge in [0.05, 0.1) is 12.1 Å². The molecule has 2 aromatic rings. The van der Waals surface area contributed by atoms with E-state index in [1.165, 1.54) is 11.3 Å². The molecule has 1 aromatic carbocycles. The van der Waals surface area contributed by atoms with Crippen molar-refractivity contribution in [1.29, 1.82) is 0 Å². The number of aryl methyl sites for hydroxylation is 1. The maximum absolute atomic E-state index is 11.7. The van der Waals surface area contributed by atoms with E-state index >= 15 is 0 Å². The van der Waals surface area contributed by atoms with Gasteiger partial charge < -0.3 is 10.2 Å². The molecule has 1 N–H and O–H groups in total. The van der Waals surface area contributed by atoms with Gasteiger partial charge in [0.1, 0.15) is 5.01 Å². The van der Waals surface area contributed by atoms with Crippen LogP contribution in [-0.2, 0) is 22.4 Å². The lowest BCUT2D eigenvalue weighted by Crippen LogP contribution is -2.23. The van der Waals surface area contributed by atoms with E-state index in [2.05, 4.69) is 16.4 Å². The number of amides is 2. The largest absolute Gasteiger partial charge is 0.348 e. The second-order valence-corrected chi connectivity index (χ2v) is 6.45. The number of rotatable bonds is 3. The SMILES string of the molecule is CN(C)C(=O)Cc1nc(-c2ccc3c(c2)CCC(=O)N3)cs1. The first kappa shape index (κ1) is 14.7. The van der Waals surface area contributed by atoms with E-state index in [1.807, 2.05) is 17.5 Å². The molecule has 22 heavy (non-hydrogen) atoms. The number of carbonyl (C=O) groups is 2. The van der Waals surface area contributed by atoms with Crippen molar-refractivity contribution in [2.24, 2.45) is 0 Å². The predicted molar refractivity (Wildman–Crippen MR) is 86.9 cm³/mol. The third-order valence-corrected chi connectivity index (χ3v) is 4.50. The number of benzene rings is 1. The third kappa shape index (κ3) is 3.01. The van der Waals surface area contributed by atoms with Crippen molar-refractivity contribution >= 4 is 28.8 Å². The summed E-state index contributed by atoms with van der Waals surface area (Å²) in [7, 11) is 3.49. The van der Waals surface area contributed by atoms with Crippen molar-refractivity contribution in [3.63, 3.8) is 0 Å². The molecule has 5 nitrogen and oxygen atoms in total. The number of carbonyl (C=O) groups excluding carboxylic acids is 2. The van der Waals surface area contributed by atoms with Gasteiger partial charge in [0.15, 0.2) is 0 Å². The van der Waals surface area contributed by atoms with Crippen molar-refractivity contribution < 1.29 is 9.59 Å². The Morgan fingerprint density at radius 2 is 2.18 bits per heavy atom. The van der Waals surface area contributed by atoms with Gasteiger partial charge in [-0.25, -0.2) is 4.98 Å². The maximum atomic E-state index is 11.7. The standard InChI is InChI=1S/C16H17N3O2S/c1-19(2)16(21)8-15-18-13(9-22-15)11-3-5-12-10(7-11)4-6-14(20)17-12/h3,5,7,9H,4,6,8H2,1-2H3,(H,17,20). The van der Waals surface area contributed by atoms with Crippen LogP contribution in [-0.4, -0.2) is 35.8 Å². The molecule has 1 aliphatic heterocycles. The fourth-order valence-corrected chi connectivity index (χ4v) is 3.15. The van der Waals surface area contributed by atoms with Gasteiger partial charge in [-0.3, -0.25) is 9.59 Å². The van der Waals surface area contributed by atoms with Gasteiger partial charge in [0.25, 0.3) is 0 Å². The quantitative estimate of drug-likeness (QED) is 0.945. The minimum Gasteiger partial charge on any atom is -0.348 e. The fraction of sp³-hybridized carbons (Fsp3) is 0.312. The van der Waals surface area contributed by atoms with Gasteiger partial charge in [-0.1, -0.05) is 6.07 Å². The first-order chi connectivity index (χ1) is 10.5. The number of nitrogens with one attached hydrogen (secondary N) is 1. The summed E-state index contributed by atoms with van der Waals surface area (Å²) in [5, 5.41) is 5.67. The van der Waals surface area contributed by atoms with Crippen LogP contribution in [0.25, 0.3) is 11.3 Å². The molecule has 0 atom stereocenters. The Hall–Kier alpha value is -2.21. The molecule has 0 spiro atoms. The molecule has 2 amide bonds. The molecular weight excluding hydrogens is 298 g/mol. The van der Waals surface area contributed by atoms with E-state index in [4.69, 9.17) is 0 Å². The molecule has 3 rings (SSSR count). The molecule has 0 radical (unpaired) electrons. The van der Waals surface area contributed by atoms with Crippen molar-refractivity contribution in [3.8, 4) is 11.3 Å². The molecule has 0 fully saturated rings. The molecule has 0 unspecified atom stereocenters. The number of hydrogen-bond acceptors (Lipinski definition) is 4. The van der Waals surface area contributed by atoms with Crippen LogP contribution in [0.15, 0.2) is 23.6 Å². The number of aromatic nitrogens is 1. The number of nitrogens with zero attached hydrogens (tertiary/aromatic N) is 2. The zero-order valence-electron chi connectivity index (χ0n) is 12.5. The molecule has 0 aliphatic carbocycles. The summed E-state index contributed by atoms with van der Waals surface area (Å²) >= 11 is 1.50. The lowest BCUT2D eigenvalue weighted by Gasteiger charge is -2.17. The van der Waals surface area contributed by atoms with Crippen molar-refractivity contribution in [1.82, 2.24) is 9.88 Å². The van der Waals surface area contributed by atoms with Crippen LogP contribution in [0.1, 0.15) is 17.0 Å². The Morgan fingerprint density at radius 1 is 1.36 bits per heavy atom. The van der Waals surface area contributed by atoms with Gasteiger partial charge >= 0.3 is 0 Å². The summed E-state index contributed by atoms with van der Waals surface area (Å²) < 4.78 is 0. The van der Waals surface area contributed by atoms with Gasteiger partial charge in [0, 0.05) is 37.1 Å². The van der Waals surface area contributed by atoms with Gasteiger partial charge in [-0.05, 0) is 24.1 Å². The zero-order valence-corrected chi connectivity index (χ0v) is 13.4. The number of fused-ring (bicyclic) bond motifs is 1. The van der Waals surface area contributed by atoms with Crippen LogP contribution in [0.3, 0.4) is 0 Å². The summed E-state index contributed by atoms with van der Waals surface area (Å²) in [6, 6.07) is 5.95. The minimum absolute atomic E-state index is 0.0500. The lowest BCUT2D eigenvalue weighted by atomic mass is 9.99. The van der Waals surface area contributed by atoms with E-state index in [1.54, 1.807) is 19.0 Å². The minimum atomic E-state index is 0.0500. The topological polar surface area (TPSA) is 62.3 Å². The van der Waals surface area contributed by atoms with Crippen LogP contribution in [0.2, 0.25) is 0 Å². The zero-order chi connectivity index (χ0) is 15.7. The van der Waals surface area contributed by atoms with Crippen LogP contribution >= 0.6 is 11.3 Å². The van der Waals surface area contributed by atoms with Crippen LogP contribution in [0.4, 0.5) is 5.69 Å². The molecule has 1 aromatic heterocycles. The van der Waals surface area contributed by atoms with Crippen LogP contribution in [0, 0.1) is 0 Å². The number of anilines is 1. The third-order valence-electron chi connectivity index (χ3n) is 3.65. The van der Waals surface area contributed by atoms with E-state index in [0.29, 0.717) is 12.8 Å². The second kappa shape index (κ2) is 5.88. The second-order valence-electron chi connectivity index (χ2n) is 5.51. The number of hydrogen-bond donors (Lipinski definition) is 1. The van der Waals surface area contributed by atoms with Gasteiger partial charge in [-0.2, -0.15) is 0 Å². The first-order valence-corrected chi connectivity index (χ1v) is 7.98. The Kier molecular flexibility index (Phi) is 3.94. The van der Waals surface area contributed by atoms with Gasteiger partial charge in [0.2, 0.25) is 11.8 Å². The highest BCUT2D eigenvalue weighted by Crippen LogP contribution is 2.29. The Balaban J connectivity index is 1.82. The fourth-order valence-electron chi connectivity index (χ4n) is 2.35. The van der Waals surface area contributed by atoms with Crippen molar-refractivity contribution in [3.05, 3.63) is 34.2 Å². The molecule has 0 bridgehead atoms. The van der Waals surface area contributed by atoms with E-state index in [9.17, 15) is 9.59 Å². The molecule has 0 saturated heterocycles. The molecule has 6 heteroatoms. The summed E-state index contributed by atoms with van der Waals surface area (Å²) in [5.74, 6) is 0.118. The molecular formula is C16H17N3O2S. The summed E-state index contributed by atoms with van der Waals surface area (Å²) in [4.78, 5) is 29.2. The summed E-state index contributed by atoms with van der Waals surface area (Å²) in [6.45, 7) is 0. The molecule has 114 valence electrons. The highest BCUT2D eigenvalue weighted by Gasteiger charge is 2.16. The molecule has 2 heterocycles. The van der Waals surface area contributed by atoms with E-state index in [-0.39, 0.29) is 11.8 Å². The lowest BCUT2D eigenvalue weighted by molar-refractivity contribution is -0.128. The average molecular weight is 315 g/mol. The highest BCUT2D eigenvalue weighted by molar-refractivity contribution is 7.10. The highest BCUT2D eigenvalue weighted by atomic mass is 32.1. The Morgan fingerprint density at radius 3 is 2.95 bits per heavy atom. The number of thiazole rings is 1. The number of likely N-dealkylation sites (N-methyl/N-ethyl adjacent to an activating group) is 1. The van der Waals surface area contributed by atoms with Crippen molar-refractivity contribution in [2.75, 3.05) is 19.4 Å². The maximum Gasteiger partial charge on any atom is 0.228 e. The van der Waals surface area contributed by atoms with E-state index in [0.717, 1.165) is 33.9 Å². The Labute approximate surface area is 133 Å². The first-order valence-electron chi connectivity index (χ1n) is 7.10. The van der Waals surface area contributed by atoms with Gasteiger partial charge in [-0.15, -0.1) is 11.3 Å². The molecule has 1 aliphatic rings. The predicted octanol–water partition coefficient (Wildman–Crippen LogP) is 2.33. The van der Waals surface area contributed by atoms with Crippen LogP contribution < -0.4 is 5.32 Å². The average Bonchev–Trinajstić information content (AvgIpc) is 2.95. The monoisotopic (exact) mass is 315 g/mol. The summed E-state index contributed by atoms with van der Waals surface area (Å²) in [6.07, 6.45) is 1.61. The normalized spacial score (nSPS) is 13.5.